The Hall–Kier alpha value is -3.55. The number of para-hydroxylation sites is 1. The van der Waals surface area contributed by atoms with Crippen molar-refractivity contribution in [3.05, 3.63) is 82.7 Å². The number of benzene rings is 2. The van der Waals surface area contributed by atoms with E-state index in [0.717, 1.165) is 22.4 Å². The first-order chi connectivity index (χ1) is 13.9. The summed E-state index contributed by atoms with van der Waals surface area (Å²) in [4.78, 5) is 24.4. The summed E-state index contributed by atoms with van der Waals surface area (Å²) in [5, 5.41) is 9.47. The summed E-state index contributed by atoms with van der Waals surface area (Å²) in [6, 6.07) is 10.4. The van der Waals surface area contributed by atoms with Gasteiger partial charge in [0, 0.05) is 30.4 Å². The van der Waals surface area contributed by atoms with Crippen LogP contribution >= 0.6 is 0 Å². The van der Waals surface area contributed by atoms with Crippen molar-refractivity contribution in [2.75, 3.05) is 6.54 Å². The second-order valence-electron chi connectivity index (χ2n) is 6.42. The Morgan fingerprint density at radius 3 is 2.41 bits per heavy atom. The van der Waals surface area contributed by atoms with Crippen molar-refractivity contribution in [1.29, 1.82) is 0 Å². The predicted molar refractivity (Wildman–Crippen MR) is 104 cm³/mol. The first-order valence-electron chi connectivity index (χ1n) is 9.06. The number of aryl methyl sites for hydroxylation is 1. The quantitative estimate of drug-likeness (QED) is 0.670. The van der Waals surface area contributed by atoms with Gasteiger partial charge in [-0.3, -0.25) is 9.59 Å². The Morgan fingerprint density at radius 2 is 1.72 bits per heavy atom. The minimum atomic E-state index is -0.776. The van der Waals surface area contributed by atoms with Crippen molar-refractivity contribution < 1.29 is 18.4 Å². The predicted octanol–water partition coefficient (Wildman–Crippen LogP) is 3.14. The van der Waals surface area contributed by atoms with Crippen LogP contribution < -0.4 is 10.6 Å². The number of nitrogens with zero attached hydrogens (tertiary/aromatic N) is 2. The maximum absolute atomic E-state index is 14.0. The topological polar surface area (TPSA) is 76.0 Å². The molecule has 2 amide bonds. The van der Waals surface area contributed by atoms with Crippen LogP contribution in [0.15, 0.2) is 48.7 Å². The van der Waals surface area contributed by atoms with Crippen molar-refractivity contribution in [3.63, 3.8) is 0 Å². The molecule has 0 spiro atoms. The van der Waals surface area contributed by atoms with E-state index in [1.165, 1.54) is 12.3 Å². The highest BCUT2D eigenvalue weighted by atomic mass is 19.1. The number of carbonyl (C=O) groups is 2. The largest absolute Gasteiger partial charge is 0.352 e. The third-order valence-electron chi connectivity index (χ3n) is 4.26. The number of hydrogen-bond acceptors (Lipinski definition) is 3. The molecule has 1 heterocycles. The smallest absolute Gasteiger partial charge is 0.272 e. The number of hydrogen-bond donors (Lipinski definition) is 2. The molecule has 0 aliphatic carbocycles. The Labute approximate surface area is 166 Å². The molecule has 6 nitrogen and oxygen atoms in total. The van der Waals surface area contributed by atoms with Gasteiger partial charge in [-0.15, -0.1) is 0 Å². The Kier molecular flexibility index (Phi) is 6.01. The number of nitrogens with one attached hydrogen (secondary N) is 2. The van der Waals surface area contributed by atoms with Gasteiger partial charge in [0.05, 0.1) is 0 Å². The maximum Gasteiger partial charge on any atom is 0.272 e. The standard InChI is InChI=1S/C21H20F2N4O2/c1-3-24-20(28)15-7-4-6-14(10-15)11-25-21(29)18-13(2)12-27(26-18)19-16(22)8-5-9-17(19)23/h4-10,12H,3,11H2,1-2H3,(H,24,28)(H,25,29). The van der Waals surface area contributed by atoms with E-state index < -0.39 is 17.5 Å². The molecule has 0 unspecified atom stereocenters. The van der Waals surface area contributed by atoms with Crippen molar-refractivity contribution in [1.82, 2.24) is 20.4 Å². The minimum Gasteiger partial charge on any atom is -0.352 e. The normalized spacial score (nSPS) is 10.6. The van der Waals surface area contributed by atoms with Gasteiger partial charge in [0.1, 0.15) is 5.69 Å². The number of carbonyl (C=O) groups excluding carboxylic acids is 2. The lowest BCUT2D eigenvalue weighted by Crippen LogP contribution is -2.25. The molecule has 0 aliphatic rings. The summed E-state index contributed by atoms with van der Waals surface area (Å²) in [6.45, 7) is 4.15. The zero-order valence-corrected chi connectivity index (χ0v) is 16.0. The fourth-order valence-corrected chi connectivity index (χ4v) is 2.86. The first kappa shape index (κ1) is 20.2. The van der Waals surface area contributed by atoms with E-state index in [2.05, 4.69) is 15.7 Å². The SMILES string of the molecule is CCNC(=O)c1cccc(CNC(=O)c2nn(-c3c(F)cccc3F)cc2C)c1. The molecular formula is C21H20F2N4O2. The summed E-state index contributed by atoms with van der Waals surface area (Å²) in [7, 11) is 0. The van der Waals surface area contributed by atoms with E-state index in [1.54, 1.807) is 31.2 Å². The summed E-state index contributed by atoms with van der Waals surface area (Å²) < 4.78 is 29.0. The molecule has 0 aliphatic heterocycles. The van der Waals surface area contributed by atoms with Crippen LogP contribution in [0.5, 0.6) is 0 Å². The van der Waals surface area contributed by atoms with Crippen LogP contribution in [0.2, 0.25) is 0 Å². The van der Waals surface area contributed by atoms with Crippen molar-refractivity contribution in [3.8, 4) is 5.69 Å². The highest BCUT2D eigenvalue weighted by Gasteiger charge is 2.18. The van der Waals surface area contributed by atoms with E-state index >= 15 is 0 Å². The first-order valence-corrected chi connectivity index (χ1v) is 9.06. The highest BCUT2D eigenvalue weighted by Crippen LogP contribution is 2.18. The van der Waals surface area contributed by atoms with Crippen LogP contribution in [0, 0.1) is 18.6 Å². The molecule has 0 saturated heterocycles. The molecule has 0 bridgehead atoms. The van der Waals surface area contributed by atoms with Crippen LogP contribution in [0.1, 0.15) is 38.9 Å². The summed E-state index contributed by atoms with van der Waals surface area (Å²) >= 11 is 0. The average Bonchev–Trinajstić information content (AvgIpc) is 3.07. The zero-order chi connectivity index (χ0) is 21.0. The fourth-order valence-electron chi connectivity index (χ4n) is 2.86. The van der Waals surface area contributed by atoms with E-state index in [9.17, 15) is 18.4 Å². The van der Waals surface area contributed by atoms with Gasteiger partial charge in [0.2, 0.25) is 0 Å². The molecule has 150 valence electrons. The molecule has 1 aromatic heterocycles. The molecule has 2 aromatic carbocycles. The number of halogens is 2. The summed E-state index contributed by atoms with van der Waals surface area (Å²) in [5.41, 5.74) is 1.42. The van der Waals surface area contributed by atoms with E-state index in [0.29, 0.717) is 17.7 Å². The minimum absolute atomic E-state index is 0.0625. The molecular weight excluding hydrogens is 378 g/mol. The van der Waals surface area contributed by atoms with Crippen molar-refractivity contribution in [2.24, 2.45) is 0 Å². The van der Waals surface area contributed by atoms with E-state index in [1.807, 2.05) is 6.92 Å². The van der Waals surface area contributed by atoms with Crippen LogP contribution in [0.3, 0.4) is 0 Å². The molecule has 3 rings (SSSR count). The van der Waals surface area contributed by atoms with Gasteiger partial charge in [-0.2, -0.15) is 5.10 Å². The molecule has 0 fully saturated rings. The second-order valence-corrected chi connectivity index (χ2v) is 6.42. The van der Waals surface area contributed by atoms with Crippen molar-refractivity contribution >= 4 is 11.8 Å². The lowest BCUT2D eigenvalue weighted by atomic mass is 10.1. The van der Waals surface area contributed by atoms with Gasteiger partial charge in [-0.25, -0.2) is 13.5 Å². The fraction of sp³-hybridized carbons (Fsp3) is 0.190. The molecule has 3 aromatic rings. The van der Waals surface area contributed by atoms with Crippen LogP contribution in [-0.4, -0.2) is 28.1 Å². The number of amides is 2. The van der Waals surface area contributed by atoms with Crippen molar-refractivity contribution in [2.45, 2.75) is 20.4 Å². The molecule has 0 saturated carbocycles. The third kappa shape index (κ3) is 4.48. The monoisotopic (exact) mass is 398 g/mol. The highest BCUT2D eigenvalue weighted by molar-refractivity contribution is 5.95. The van der Waals surface area contributed by atoms with Crippen LogP contribution in [0.25, 0.3) is 5.69 Å². The summed E-state index contributed by atoms with van der Waals surface area (Å²) in [6.07, 6.45) is 1.39. The second kappa shape index (κ2) is 8.64. The van der Waals surface area contributed by atoms with Gasteiger partial charge in [0.15, 0.2) is 17.3 Å². The summed E-state index contributed by atoms with van der Waals surface area (Å²) in [5.74, 6) is -2.23. The lowest BCUT2D eigenvalue weighted by molar-refractivity contribution is 0.0942. The van der Waals surface area contributed by atoms with Gasteiger partial charge in [-0.05, 0) is 43.7 Å². The maximum atomic E-state index is 14.0. The molecule has 29 heavy (non-hydrogen) atoms. The zero-order valence-electron chi connectivity index (χ0n) is 16.0. The number of rotatable bonds is 6. The van der Waals surface area contributed by atoms with Gasteiger partial charge < -0.3 is 10.6 Å². The van der Waals surface area contributed by atoms with Crippen LogP contribution in [-0.2, 0) is 6.54 Å². The third-order valence-corrected chi connectivity index (χ3v) is 4.26. The van der Waals surface area contributed by atoms with Gasteiger partial charge in [0.25, 0.3) is 11.8 Å². The molecule has 0 atom stereocenters. The number of aromatic nitrogens is 2. The Bertz CT molecular complexity index is 1040. The van der Waals surface area contributed by atoms with Crippen LogP contribution in [0.4, 0.5) is 8.78 Å². The molecule has 0 radical (unpaired) electrons. The Morgan fingerprint density at radius 1 is 1.03 bits per heavy atom. The Balaban J connectivity index is 1.75. The molecule has 8 heteroatoms. The average molecular weight is 398 g/mol. The van der Waals surface area contributed by atoms with E-state index in [4.69, 9.17) is 0 Å². The van der Waals surface area contributed by atoms with Gasteiger partial charge in [-0.1, -0.05) is 18.2 Å². The lowest BCUT2D eigenvalue weighted by Gasteiger charge is -2.07. The van der Waals surface area contributed by atoms with E-state index in [-0.39, 0.29) is 23.8 Å². The molecule has 2 N–H and O–H groups in total. The van der Waals surface area contributed by atoms with Gasteiger partial charge >= 0.3 is 0 Å².